The zero-order valence-corrected chi connectivity index (χ0v) is 9.57. The summed E-state index contributed by atoms with van der Waals surface area (Å²) in [5.41, 5.74) is -0.131. The lowest BCUT2D eigenvalue weighted by Crippen LogP contribution is -2.38. The first-order chi connectivity index (χ1) is 8.47. The first-order valence-corrected chi connectivity index (χ1v) is 5.62. The Hall–Kier alpha value is -1.11. The lowest BCUT2D eigenvalue weighted by Gasteiger charge is -2.15. The number of hydrogen-bond acceptors (Lipinski definition) is 3. The Balaban J connectivity index is 1.97. The van der Waals surface area contributed by atoms with Gasteiger partial charge in [0, 0.05) is 6.54 Å². The van der Waals surface area contributed by atoms with E-state index in [0.717, 1.165) is 12.1 Å². The van der Waals surface area contributed by atoms with E-state index in [9.17, 15) is 18.3 Å². The molecule has 2 rings (SSSR count). The number of alkyl halides is 3. The van der Waals surface area contributed by atoms with E-state index in [-0.39, 0.29) is 19.2 Å². The van der Waals surface area contributed by atoms with E-state index in [0.29, 0.717) is 12.2 Å². The van der Waals surface area contributed by atoms with Gasteiger partial charge in [0.25, 0.3) is 0 Å². The molecule has 1 fully saturated rings. The van der Waals surface area contributed by atoms with Gasteiger partial charge in [-0.05, 0) is 11.6 Å². The SMILES string of the molecule is O[C@H]1COC[C@@H]1NCc1cccc(C(F)(F)F)c1. The summed E-state index contributed by atoms with van der Waals surface area (Å²) in [5.74, 6) is 0. The summed E-state index contributed by atoms with van der Waals surface area (Å²) in [6, 6.07) is 4.91. The number of aliphatic hydroxyl groups excluding tert-OH is 1. The molecule has 1 aromatic rings. The van der Waals surface area contributed by atoms with Crippen LogP contribution in [0.1, 0.15) is 11.1 Å². The fourth-order valence-corrected chi connectivity index (χ4v) is 1.84. The fourth-order valence-electron chi connectivity index (χ4n) is 1.84. The molecule has 0 amide bonds. The molecule has 1 aliphatic heterocycles. The fraction of sp³-hybridized carbons (Fsp3) is 0.500. The standard InChI is InChI=1S/C12H14F3NO2/c13-12(14,15)9-3-1-2-8(4-9)5-16-10-6-18-7-11(10)17/h1-4,10-11,16-17H,5-7H2/t10-,11-/m0/s1. The Morgan fingerprint density at radius 1 is 1.33 bits per heavy atom. The summed E-state index contributed by atoms with van der Waals surface area (Å²) in [7, 11) is 0. The molecule has 1 aliphatic rings. The molecule has 1 saturated heterocycles. The Kier molecular flexibility index (Phi) is 3.89. The zero-order valence-electron chi connectivity index (χ0n) is 9.57. The van der Waals surface area contributed by atoms with Gasteiger partial charge in [-0.15, -0.1) is 0 Å². The monoisotopic (exact) mass is 261 g/mol. The molecule has 0 unspecified atom stereocenters. The largest absolute Gasteiger partial charge is 0.416 e. The van der Waals surface area contributed by atoms with Crippen LogP contribution >= 0.6 is 0 Å². The highest BCUT2D eigenvalue weighted by molar-refractivity contribution is 5.25. The highest BCUT2D eigenvalue weighted by Gasteiger charge is 2.30. The smallest absolute Gasteiger partial charge is 0.389 e. The van der Waals surface area contributed by atoms with Crippen LogP contribution in [0.15, 0.2) is 24.3 Å². The van der Waals surface area contributed by atoms with Crippen LogP contribution in [0, 0.1) is 0 Å². The molecule has 18 heavy (non-hydrogen) atoms. The molecule has 0 bridgehead atoms. The topological polar surface area (TPSA) is 41.5 Å². The third kappa shape index (κ3) is 3.22. The van der Waals surface area contributed by atoms with Crippen molar-refractivity contribution >= 4 is 0 Å². The van der Waals surface area contributed by atoms with E-state index in [2.05, 4.69) is 5.32 Å². The number of hydrogen-bond donors (Lipinski definition) is 2. The predicted octanol–water partition coefficient (Wildman–Crippen LogP) is 1.55. The van der Waals surface area contributed by atoms with Gasteiger partial charge in [0.15, 0.2) is 0 Å². The molecule has 1 heterocycles. The molecule has 0 aromatic heterocycles. The second-order valence-corrected chi connectivity index (χ2v) is 4.29. The van der Waals surface area contributed by atoms with Crippen LogP contribution in [0.3, 0.4) is 0 Å². The van der Waals surface area contributed by atoms with Crippen molar-refractivity contribution in [2.24, 2.45) is 0 Å². The number of nitrogens with one attached hydrogen (secondary N) is 1. The van der Waals surface area contributed by atoms with Crippen molar-refractivity contribution < 1.29 is 23.0 Å². The van der Waals surface area contributed by atoms with Crippen LogP contribution in [0.4, 0.5) is 13.2 Å². The van der Waals surface area contributed by atoms with Gasteiger partial charge in [-0.2, -0.15) is 13.2 Å². The summed E-state index contributed by atoms with van der Waals surface area (Å²) in [6.07, 6.45) is -4.93. The van der Waals surface area contributed by atoms with E-state index < -0.39 is 17.8 Å². The maximum atomic E-state index is 12.5. The molecule has 2 atom stereocenters. The Labute approximate surface area is 103 Å². The molecular weight excluding hydrogens is 247 g/mol. The van der Waals surface area contributed by atoms with E-state index in [4.69, 9.17) is 4.74 Å². The summed E-state index contributed by atoms with van der Waals surface area (Å²) >= 11 is 0. The van der Waals surface area contributed by atoms with Crippen LogP contribution in [0.5, 0.6) is 0 Å². The summed E-state index contributed by atoms with van der Waals surface area (Å²) in [5, 5.41) is 12.5. The number of aliphatic hydroxyl groups is 1. The van der Waals surface area contributed by atoms with Crippen molar-refractivity contribution in [1.29, 1.82) is 0 Å². The van der Waals surface area contributed by atoms with Gasteiger partial charge < -0.3 is 15.2 Å². The summed E-state index contributed by atoms with van der Waals surface area (Å²) in [6.45, 7) is 0.912. The lowest BCUT2D eigenvalue weighted by atomic mass is 10.1. The quantitative estimate of drug-likeness (QED) is 0.867. The molecule has 6 heteroatoms. The molecule has 1 aromatic carbocycles. The molecular formula is C12H14F3NO2. The van der Waals surface area contributed by atoms with Gasteiger partial charge in [-0.25, -0.2) is 0 Å². The third-order valence-electron chi connectivity index (χ3n) is 2.87. The number of rotatable bonds is 3. The maximum absolute atomic E-state index is 12.5. The first kappa shape index (κ1) is 13.3. The summed E-state index contributed by atoms with van der Waals surface area (Å²) in [4.78, 5) is 0. The Morgan fingerprint density at radius 2 is 2.11 bits per heavy atom. The van der Waals surface area contributed by atoms with Crippen LogP contribution in [0.2, 0.25) is 0 Å². The number of ether oxygens (including phenoxy) is 1. The van der Waals surface area contributed by atoms with Gasteiger partial charge in [0.05, 0.1) is 30.9 Å². The van der Waals surface area contributed by atoms with Gasteiger partial charge in [0.1, 0.15) is 0 Å². The van der Waals surface area contributed by atoms with Crippen molar-refractivity contribution in [3.63, 3.8) is 0 Å². The van der Waals surface area contributed by atoms with Crippen LogP contribution < -0.4 is 5.32 Å². The van der Waals surface area contributed by atoms with Gasteiger partial charge in [-0.1, -0.05) is 18.2 Å². The van der Waals surface area contributed by atoms with Crippen LogP contribution in [0.25, 0.3) is 0 Å². The van der Waals surface area contributed by atoms with Gasteiger partial charge >= 0.3 is 6.18 Å². The van der Waals surface area contributed by atoms with E-state index in [1.54, 1.807) is 6.07 Å². The third-order valence-corrected chi connectivity index (χ3v) is 2.87. The second-order valence-electron chi connectivity index (χ2n) is 4.29. The minimum atomic E-state index is -4.33. The van der Waals surface area contributed by atoms with Crippen molar-refractivity contribution in [3.8, 4) is 0 Å². The van der Waals surface area contributed by atoms with E-state index in [1.807, 2.05) is 0 Å². The molecule has 0 saturated carbocycles. The minimum absolute atomic E-state index is 0.223. The highest BCUT2D eigenvalue weighted by Crippen LogP contribution is 2.29. The number of benzene rings is 1. The van der Waals surface area contributed by atoms with Crippen LogP contribution in [-0.2, 0) is 17.5 Å². The first-order valence-electron chi connectivity index (χ1n) is 5.62. The van der Waals surface area contributed by atoms with E-state index >= 15 is 0 Å². The average molecular weight is 261 g/mol. The lowest BCUT2D eigenvalue weighted by molar-refractivity contribution is -0.137. The normalized spacial score (nSPS) is 24.4. The van der Waals surface area contributed by atoms with Crippen molar-refractivity contribution in [1.82, 2.24) is 5.32 Å². The Morgan fingerprint density at radius 3 is 2.72 bits per heavy atom. The predicted molar refractivity (Wildman–Crippen MR) is 58.9 cm³/mol. The van der Waals surface area contributed by atoms with Crippen molar-refractivity contribution in [2.45, 2.75) is 24.9 Å². The molecule has 0 aliphatic carbocycles. The second kappa shape index (κ2) is 5.26. The van der Waals surface area contributed by atoms with Crippen molar-refractivity contribution in [3.05, 3.63) is 35.4 Å². The number of halogens is 3. The highest BCUT2D eigenvalue weighted by atomic mass is 19.4. The summed E-state index contributed by atoms with van der Waals surface area (Å²) < 4.78 is 42.5. The molecule has 100 valence electrons. The van der Waals surface area contributed by atoms with Crippen LogP contribution in [-0.4, -0.2) is 30.5 Å². The van der Waals surface area contributed by atoms with E-state index in [1.165, 1.54) is 6.07 Å². The molecule has 3 nitrogen and oxygen atoms in total. The minimum Gasteiger partial charge on any atom is -0.389 e. The molecule has 0 spiro atoms. The van der Waals surface area contributed by atoms with Gasteiger partial charge in [-0.3, -0.25) is 0 Å². The van der Waals surface area contributed by atoms with Gasteiger partial charge in [0.2, 0.25) is 0 Å². The van der Waals surface area contributed by atoms with Crippen molar-refractivity contribution in [2.75, 3.05) is 13.2 Å². The Bertz CT molecular complexity index is 409. The average Bonchev–Trinajstić information content (AvgIpc) is 2.72. The molecule has 0 radical (unpaired) electrons. The maximum Gasteiger partial charge on any atom is 0.416 e. The molecule has 2 N–H and O–H groups in total. The zero-order chi connectivity index (χ0) is 13.2.